The standard InChI is InChI=1S/C8H11NO5/c1-13-7(11)4-8(12)3-5-2-6(10)9(5)14-8/h5,12H,2-4H2,1H3/t5-,8+/m0/s1. The summed E-state index contributed by atoms with van der Waals surface area (Å²) in [6.07, 6.45) is 0.404. The van der Waals surface area contributed by atoms with E-state index in [0.29, 0.717) is 6.42 Å². The van der Waals surface area contributed by atoms with Crippen molar-refractivity contribution in [3.05, 3.63) is 0 Å². The first-order valence-electron chi connectivity index (χ1n) is 4.34. The average molecular weight is 201 g/mol. The van der Waals surface area contributed by atoms with Crippen LogP contribution >= 0.6 is 0 Å². The van der Waals surface area contributed by atoms with Crippen LogP contribution in [0.15, 0.2) is 0 Å². The summed E-state index contributed by atoms with van der Waals surface area (Å²) in [6, 6.07) is -0.0860. The van der Waals surface area contributed by atoms with Gasteiger partial charge in [-0.05, 0) is 0 Å². The van der Waals surface area contributed by atoms with Gasteiger partial charge in [-0.1, -0.05) is 0 Å². The summed E-state index contributed by atoms with van der Waals surface area (Å²) < 4.78 is 4.41. The number of ether oxygens (including phenoxy) is 1. The molecule has 1 amide bonds. The minimum atomic E-state index is -1.57. The van der Waals surface area contributed by atoms with E-state index in [9.17, 15) is 14.7 Å². The number of β-lactam (4-membered cyclic amide) rings is 1. The van der Waals surface area contributed by atoms with Crippen molar-refractivity contribution in [1.82, 2.24) is 5.06 Å². The molecule has 6 nitrogen and oxygen atoms in total. The highest BCUT2D eigenvalue weighted by molar-refractivity contribution is 5.82. The molecule has 2 heterocycles. The summed E-state index contributed by atoms with van der Waals surface area (Å²) >= 11 is 0. The van der Waals surface area contributed by atoms with Crippen molar-refractivity contribution in [2.45, 2.75) is 31.1 Å². The van der Waals surface area contributed by atoms with Gasteiger partial charge in [-0.3, -0.25) is 9.59 Å². The Morgan fingerprint density at radius 1 is 1.86 bits per heavy atom. The molecule has 0 unspecified atom stereocenters. The Hall–Kier alpha value is -1.14. The molecule has 0 aliphatic carbocycles. The van der Waals surface area contributed by atoms with E-state index in [1.165, 1.54) is 7.11 Å². The molecule has 0 aromatic heterocycles. The number of fused-ring (bicyclic) bond motifs is 1. The summed E-state index contributed by atoms with van der Waals surface area (Å²) in [5, 5.41) is 10.9. The van der Waals surface area contributed by atoms with Gasteiger partial charge in [-0.15, -0.1) is 0 Å². The summed E-state index contributed by atoms with van der Waals surface area (Å²) in [5.74, 6) is -2.28. The molecule has 78 valence electrons. The van der Waals surface area contributed by atoms with Gasteiger partial charge in [-0.25, -0.2) is 9.90 Å². The molecule has 14 heavy (non-hydrogen) atoms. The van der Waals surface area contributed by atoms with Crippen LogP contribution in [0.25, 0.3) is 0 Å². The zero-order chi connectivity index (χ0) is 10.3. The molecular formula is C8H11NO5. The zero-order valence-electron chi connectivity index (χ0n) is 7.73. The van der Waals surface area contributed by atoms with E-state index in [-0.39, 0.29) is 24.8 Å². The monoisotopic (exact) mass is 201 g/mol. The smallest absolute Gasteiger partial charge is 0.311 e. The first-order chi connectivity index (χ1) is 6.54. The van der Waals surface area contributed by atoms with E-state index in [1.807, 2.05) is 0 Å². The molecule has 0 saturated carbocycles. The number of nitrogens with zero attached hydrogens (tertiary/aromatic N) is 1. The van der Waals surface area contributed by atoms with Crippen molar-refractivity contribution >= 4 is 11.9 Å². The van der Waals surface area contributed by atoms with Crippen LogP contribution in [0, 0.1) is 0 Å². The molecule has 2 atom stereocenters. The van der Waals surface area contributed by atoms with Gasteiger partial charge < -0.3 is 9.84 Å². The van der Waals surface area contributed by atoms with Gasteiger partial charge in [0.1, 0.15) is 6.42 Å². The number of hydroxylamine groups is 2. The maximum Gasteiger partial charge on any atom is 0.311 e. The average Bonchev–Trinajstić information content (AvgIpc) is 2.39. The quantitative estimate of drug-likeness (QED) is 0.466. The number of esters is 1. The molecule has 6 heteroatoms. The third kappa shape index (κ3) is 1.36. The molecule has 0 radical (unpaired) electrons. The van der Waals surface area contributed by atoms with Crippen molar-refractivity contribution in [2.24, 2.45) is 0 Å². The number of hydrogen-bond acceptors (Lipinski definition) is 5. The van der Waals surface area contributed by atoms with Crippen molar-refractivity contribution in [3.8, 4) is 0 Å². The lowest BCUT2D eigenvalue weighted by Gasteiger charge is -2.31. The summed E-state index contributed by atoms with van der Waals surface area (Å²) in [4.78, 5) is 26.8. The summed E-state index contributed by atoms with van der Waals surface area (Å²) in [5.41, 5.74) is 0. The summed E-state index contributed by atoms with van der Waals surface area (Å²) in [7, 11) is 1.24. The number of aliphatic hydroxyl groups is 1. The third-order valence-corrected chi connectivity index (χ3v) is 2.46. The van der Waals surface area contributed by atoms with Crippen molar-refractivity contribution in [2.75, 3.05) is 7.11 Å². The highest BCUT2D eigenvalue weighted by Crippen LogP contribution is 2.39. The van der Waals surface area contributed by atoms with Crippen LogP contribution in [0.5, 0.6) is 0 Å². The van der Waals surface area contributed by atoms with Gasteiger partial charge in [0.2, 0.25) is 11.7 Å². The Bertz CT molecular complexity index is 291. The number of carbonyl (C=O) groups is 2. The molecule has 2 fully saturated rings. The number of methoxy groups -OCH3 is 1. The molecule has 0 aromatic rings. The fourth-order valence-electron chi connectivity index (χ4n) is 1.74. The van der Waals surface area contributed by atoms with Gasteiger partial charge in [0, 0.05) is 6.42 Å². The van der Waals surface area contributed by atoms with Gasteiger partial charge in [0.25, 0.3) is 0 Å². The van der Waals surface area contributed by atoms with Crippen molar-refractivity contribution in [3.63, 3.8) is 0 Å². The van der Waals surface area contributed by atoms with E-state index in [1.54, 1.807) is 0 Å². The Labute approximate surface area is 80.3 Å². The van der Waals surface area contributed by atoms with Crippen molar-refractivity contribution in [1.29, 1.82) is 0 Å². The zero-order valence-corrected chi connectivity index (χ0v) is 7.73. The number of amides is 1. The Morgan fingerprint density at radius 2 is 2.57 bits per heavy atom. The molecule has 2 saturated heterocycles. The van der Waals surface area contributed by atoms with Gasteiger partial charge >= 0.3 is 5.97 Å². The molecule has 1 N–H and O–H groups in total. The van der Waals surface area contributed by atoms with Crippen LogP contribution in [-0.4, -0.2) is 41.0 Å². The first kappa shape index (κ1) is 9.42. The second kappa shape index (κ2) is 2.93. The lowest BCUT2D eigenvalue weighted by Crippen LogP contribution is -2.47. The normalized spacial score (nSPS) is 35.1. The highest BCUT2D eigenvalue weighted by atomic mass is 16.8. The lowest BCUT2D eigenvalue weighted by molar-refractivity contribution is -0.288. The van der Waals surface area contributed by atoms with E-state index < -0.39 is 11.8 Å². The maximum absolute atomic E-state index is 10.9. The maximum atomic E-state index is 10.9. The minimum Gasteiger partial charge on any atom is -0.469 e. The van der Waals surface area contributed by atoms with Crippen LogP contribution in [0.1, 0.15) is 19.3 Å². The largest absolute Gasteiger partial charge is 0.469 e. The summed E-state index contributed by atoms with van der Waals surface area (Å²) in [6.45, 7) is 0. The third-order valence-electron chi connectivity index (χ3n) is 2.46. The lowest BCUT2D eigenvalue weighted by atomic mass is 9.97. The fraction of sp³-hybridized carbons (Fsp3) is 0.750. The van der Waals surface area contributed by atoms with E-state index in [4.69, 9.17) is 4.84 Å². The first-order valence-corrected chi connectivity index (χ1v) is 4.34. The van der Waals surface area contributed by atoms with Crippen LogP contribution in [-0.2, 0) is 19.2 Å². The highest BCUT2D eigenvalue weighted by Gasteiger charge is 2.54. The SMILES string of the molecule is COC(=O)C[C@@]1(O)C[C@@H]2CC(=O)N2O1. The van der Waals surface area contributed by atoms with Gasteiger partial charge in [-0.2, -0.15) is 0 Å². The van der Waals surface area contributed by atoms with E-state index >= 15 is 0 Å². The molecular weight excluding hydrogens is 190 g/mol. The minimum absolute atomic E-state index is 0.0860. The van der Waals surface area contributed by atoms with Crippen LogP contribution < -0.4 is 0 Å². The predicted molar refractivity (Wildman–Crippen MR) is 42.5 cm³/mol. The Kier molecular flexibility index (Phi) is 1.97. The van der Waals surface area contributed by atoms with E-state index in [2.05, 4.69) is 4.74 Å². The topological polar surface area (TPSA) is 76.1 Å². The predicted octanol–water partition coefficient (Wildman–Crippen LogP) is -0.826. The fourth-order valence-corrected chi connectivity index (χ4v) is 1.74. The van der Waals surface area contributed by atoms with E-state index in [0.717, 1.165) is 5.06 Å². The molecule has 2 aliphatic heterocycles. The number of carbonyl (C=O) groups excluding carboxylic acids is 2. The molecule has 2 aliphatic rings. The second-order valence-electron chi connectivity index (χ2n) is 3.57. The molecule has 2 rings (SSSR count). The van der Waals surface area contributed by atoms with Crippen LogP contribution in [0.3, 0.4) is 0 Å². The second-order valence-corrected chi connectivity index (χ2v) is 3.57. The molecule has 0 spiro atoms. The molecule has 0 aromatic carbocycles. The number of rotatable bonds is 2. The van der Waals surface area contributed by atoms with Gasteiger partial charge in [0.15, 0.2) is 0 Å². The van der Waals surface area contributed by atoms with Crippen molar-refractivity contribution < 1.29 is 24.3 Å². The Morgan fingerprint density at radius 3 is 3.07 bits per heavy atom. The van der Waals surface area contributed by atoms with Crippen LogP contribution in [0.2, 0.25) is 0 Å². The Balaban J connectivity index is 1.98. The number of hydrogen-bond donors (Lipinski definition) is 1. The van der Waals surface area contributed by atoms with Crippen LogP contribution in [0.4, 0.5) is 0 Å². The van der Waals surface area contributed by atoms with Gasteiger partial charge in [0.05, 0.1) is 19.6 Å². The molecule has 0 bridgehead atoms.